The van der Waals surface area contributed by atoms with Gasteiger partial charge in [0.25, 0.3) is 0 Å². The van der Waals surface area contributed by atoms with Gasteiger partial charge >= 0.3 is 8.80 Å². The maximum Gasteiger partial charge on any atom is 0.508 e. The number of rotatable bonds is 5. The van der Waals surface area contributed by atoms with Crippen molar-refractivity contribution in [3.05, 3.63) is 24.3 Å². The highest BCUT2D eigenvalue weighted by Crippen LogP contribution is 2.45. The van der Waals surface area contributed by atoms with Crippen LogP contribution in [0.5, 0.6) is 0 Å². The van der Waals surface area contributed by atoms with Crippen LogP contribution in [-0.4, -0.2) is 35.9 Å². The second-order valence-corrected chi connectivity index (χ2v) is 7.47. The summed E-state index contributed by atoms with van der Waals surface area (Å²) in [5.74, 6) is 0.726. The first-order valence-corrected chi connectivity index (χ1v) is 7.64. The molecule has 0 bridgehead atoms. The summed E-state index contributed by atoms with van der Waals surface area (Å²) in [5, 5.41) is 0. The SMILES string of the molecule is CO[Si](OC)(OC)C1C=CC=CC1(C)CS. The van der Waals surface area contributed by atoms with Crippen molar-refractivity contribution in [1.29, 1.82) is 0 Å². The number of hydrogen-bond acceptors (Lipinski definition) is 4. The van der Waals surface area contributed by atoms with Crippen LogP contribution in [0.2, 0.25) is 5.54 Å². The lowest BCUT2D eigenvalue weighted by Gasteiger charge is -2.41. The van der Waals surface area contributed by atoms with Gasteiger partial charge < -0.3 is 13.3 Å². The molecule has 1 aliphatic carbocycles. The van der Waals surface area contributed by atoms with E-state index >= 15 is 0 Å². The lowest BCUT2D eigenvalue weighted by Crippen LogP contribution is -2.52. The fraction of sp³-hybridized carbons (Fsp3) is 0.636. The number of allylic oxidation sites excluding steroid dienone is 4. The summed E-state index contributed by atoms with van der Waals surface area (Å²) in [6.45, 7) is 2.14. The van der Waals surface area contributed by atoms with Crippen LogP contribution in [0.15, 0.2) is 24.3 Å². The Kier molecular flexibility index (Phi) is 4.82. The topological polar surface area (TPSA) is 27.7 Å². The van der Waals surface area contributed by atoms with Crippen LogP contribution < -0.4 is 0 Å². The smallest absolute Gasteiger partial charge is 0.376 e. The Hall–Kier alpha value is -0.0731. The van der Waals surface area contributed by atoms with E-state index in [0.717, 1.165) is 5.75 Å². The molecule has 0 aromatic rings. The Bertz CT molecular complexity index is 281. The van der Waals surface area contributed by atoms with Gasteiger partial charge in [0, 0.05) is 26.7 Å². The molecule has 0 aliphatic heterocycles. The molecule has 0 fully saturated rings. The molecule has 0 N–H and O–H groups in total. The fourth-order valence-corrected chi connectivity index (χ4v) is 5.17. The zero-order valence-corrected chi connectivity index (χ0v) is 12.2. The molecule has 5 heteroatoms. The highest BCUT2D eigenvalue weighted by atomic mass is 32.1. The minimum atomic E-state index is -2.66. The van der Waals surface area contributed by atoms with Crippen LogP contribution in [0.25, 0.3) is 0 Å². The molecule has 0 aromatic heterocycles. The highest BCUT2D eigenvalue weighted by Gasteiger charge is 2.53. The van der Waals surface area contributed by atoms with Crippen molar-refractivity contribution in [2.45, 2.75) is 12.5 Å². The summed E-state index contributed by atoms with van der Waals surface area (Å²) >= 11 is 4.43. The molecule has 0 saturated carbocycles. The van der Waals surface area contributed by atoms with Crippen molar-refractivity contribution in [2.75, 3.05) is 27.1 Å². The van der Waals surface area contributed by atoms with Crippen molar-refractivity contribution in [1.82, 2.24) is 0 Å². The molecular weight excluding hydrogens is 240 g/mol. The predicted octanol–water partition coefficient (Wildman–Crippen LogP) is 2.30. The Morgan fingerprint density at radius 2 is 1.75 bits per heavy atom. The first-order valence-electron chi connectivity index (χ1n) is 5.21. The summed E-state index contributed by atoms with van der Waals surface area (Å²) in [7, 11) is 2.27. The molecule has 1 aliphatic rings. The first-order chi connectivity index (χ1) is 7.58. The van der Waals surface area contributed by atoms with Gasteiger partial charge in [0.15, 0.2) is 0 Å². The Morgan fingerprint density at radius 3 is 2.19 bits per heavy atom. The summed E-state index contributed by atoms with van der Waals surface area (Å²) in [6, 6.07) is 0. The molecule has 0 spiro atoms. The van der Waals surface area contributed by atoms with E-state index in [1.807, 2.05) is 12.2 Å². The molecule has 0 saturated heterocycles. The van der Waals surface area contributed by atoms with E-state index in [0.29, 0.717) is 0 Å². The largest absolute Gasteiger partial charge is 0.508 e. The van der Waals surface area contributed by atoms with Crippen molar-refractivity contribution in [3.8, 4) is 0 Å². The van der Waals surface area contributed by atoms with Crippen LogP contribution in [0.1, 0.15) is 6.92 Å². The standard InChI is InChI=1S/C11H20O3SSi/c1-11(9-15)8-6-5-7-10(11)16(12-2,13-3)14-4/h5-8,10,15H,9H2,1-4H3. The van der Waals surface area contributed by atoms with Crippen LogP contribution in [0.3, 0.4) is 0 Å². The van der Waals surface area contributed by atoms with Gasteiger partial charge in [-0.25, -0.2) is 0 Å². The first kappa shape index (κ1) is 14.0. The zero-order chi connectivity index (χ0) is 12.2. The lowest BCUT2D eigenvalue weighted by atomic mass is 9.85. The maximum absolute atomic E-state index is 5.55. The van der Waals surface area contributed by atoms with Crippen LogP contribution >= 0.6 is 12.6 Å². The fourth-order valence-electron chi connectivity index (χ4n) is 2.08. The molecule has 0 radical (unpaired) electrons. The van der Waals surface area contributed by atoms with Crippen LogP contribution in [-0.2, 0) is 13.3 Å². The van der Waals surface area contributed by atoms with Gasteiger partial charge in [0.05, 0.1) is 5.54 Å². The third-order valence-corrected chi connectivity index (χ3v) is 7.18. The van der Waals surface area contributed by atoms with E-state index in [1.54, 1.807) is 21.3 Å². The molecule has 0 amide bonds. The molecule has 92 valence electrons. The second-order valence-electron chi connectivity index (χ2n) is 4.10. The van der Waals surface area contributed by atoms with Gasteiger partial charge in [0.1, 0.15) is 0 Å². The van der Waals surface area contributed by atoms with Gasteiger partial charge in [-0.15, -0.1) is 0 Å². The third kappa shape index (κ3) is 2.28. The van der Waals surface area contributed by atoms with Crippen molar-refractivity contribution >= 4 is 21.4 Å². The Balaban J connectivity index is 3.08. The minimum absolute atomic E-state index is 0.0912. The molecule has 0 aromatic carbocycles. The van der Waals surface area contributed by atoms with Gasteiger partial charge in [-0.05, 0) is 5.75 Å². The molecule has 2 unspecified atom stereocenters. The van der Waals surface area contributed by atoms with Crippen LogP contribution in [0, 0.1) is 5.41 Å². The monoisotopic (exact) mass is 260 g/mol. The average Bonchev–Trinajstić information content (AvgIpc) is 2.34. The Labute approximate surface area is 104 Å². The van der Waals surface area contributed by atoms with Crippen molar-refractivity contribution in [2.24, 2.45) is 5.41 Å². The summed E-state index contributed by atoms with van der Waals surface area (Å²) in [4.78, 5) is 0. The van der Waals surface area contributed by atoms with E-state index in [4.69, 9.17) is 13.3 Å². The van der Waals surface area contributed by atoms with Gasteiger partial charge in [0.2, 0.25) is 0 Å². The molecule has 1 rings (SSSR count). The van der Waals surface area contributed by atoms with E-state index in [9.17, 15) is 0 Å². The normalized spacial score (nSPS) is 29.7. The summed E-state index contributed by atoms with van der Waals surface area (Å²) in [6.07, 6.45) is 8.28. The molecule has 3 nitrogen and oxygen atoms in total. The summed E-state index contributed by atoms with van der Waals surface area (Å²) < 4.78 is 16.6. The van der Waals surface area contributed by atoms with Crippen molar-refractivity contribution < 1.29 is 13.3 Å². The quantitative estimate of drug-likeness (QED) is 0.607. The second kappa shape index (κ2) is 5.51. The van der Waals surface area contributed by atoms with E-state index < -0.39 is 8.80 Å². The van der Waals surface area contributed by atoms with Gasteiger partial charge in [-0.2, -0.15) is 12.6 Å². The van der Waals surface area contributed by atoms with Crippen LogP contribution in [0.4, 0.5) is 0 Å². The molecule has 2 atom stereocenters. The lowest BCUT2D eigenvalue weighted by molar-refractivity contribution is 0.104. The van der Waals surface area contributed by atoms with E-state index in [1.165, 1.54) is 0 Å². The van der Waals surface area contributed by atoms with Gasteiger partial charge in [-0.1, -0.05) is 31.2 Å². The molecule has 16 heavy (non-hydrogen) atoms. The Morgan fingerprint density at radius 1 is 1.19 bits per heavy atom. The average molecular weight is 260 g/mol. The minimum Gasteiger partial charge on any atom is -0.376 e. The molecule has 0 heterocycles. The van der Waals surface area contributed by atoms with Gasteiger partial charge in [-0.3, -0.25) is 0 Å². The zero-order valence-electron chi connectivity index (χ0n) is 10.3. The molecular formula is C11H20O3SSi. The predicted molar refractivity (Wildman–Crippen MR) is 70.8 cm³/mol. The maximum atomic E-state index is 5.55. The number of thiol groups is 1. The third-order valence-electron chi connectivity index (χ3n) is 3.18. The number of hydrogen-bond donors (Lipinski definition) is 1. The van der Waals surface area contributed by atoms with E-state index in [2.05, 4.69) is 31.7 Å². The van der Waals surface area contributed by atoms with Crippen molar-refractivity contribution in [3.63, 3.8) is 0 Å². The summed E-state index contributed by atoms with van der Waals surface area (Å²) in [5.41, 5.74) is 0.00838. The van der Waals surface area contributed by atoms with E-state index in [-0.39, 0.29) is 11.0 Å². The highest BCUT2D eigenvalue weighted by molar-refractivity contribution is 7.80.